The highest BCUT2D eigenvalue weighted by atomic mass is 15.3. The number of hydrogen-bond donors (Lipinski definition) is 2. The van der Waals surface area contributed by atoms with Crippen LogP contribution in [0.25, 0.3) is 0 Å². The smallest absolute Gasteiger partial charge is 0.244 e. The number of rotatable bonds is 6. The van der Waals surface area contributed by atoms with Crippen LogP contribution in [0.4, 0.5) is 17.5 Å². The Bertz CT molecular complexity index is 553. The van der Waals surface area contributed by atoms with E-state index < -0.39 is 0 Å². The van der Waals surface area contributed by atoms with Crippen LogP contribution in [-0.2, 0) is 0 Å². The Morgan fingerprint density at radius 1 is 1.20 bits per heavy atom. The molecule has 1 heterocycles. The van der Waals surface area contributed by atoms with Crippen molar-refractivity contribution in [1.82, 2.24) is 15.2 Å². The molecule has 0 saturated carbocycles. The van der Waals surface area contributed by atoms with Crippen LogP contribution in [0.1, 0.15) is 38.7 Å². The fraction of sp³-hybridized carbons (Fsp3) is 0.400. The fourth-order valence-corrected chi connectivity index (χ4v) is 1.93. The Morgan fingerprint density at radius 3 is 2.75 bits per heavy atom. The maximum Gasteiger partial charge on any atom is 0.244 e. The molecule has 0 atom stereocenters. The molecule has 0 spiro atoms. The summed E-state index contributed by atoms with van der Waals surface area (Å²) in [6.45, 7) is 7.29. The van der Waals surface area contributed by atoms with Gasteiger partial charge in [-0.25, -0.2) is 0 Å². The molecule has 0 fully saturated rings. The minimum Gasteiger partial charge on any atom is -0.353 e. The summed E-state index contributed by atoms with van der Waals surface area (Å²) in [6, 6.07) is 8.24. The number of para-hydroxylation sites is 1. The van der Waals surface area contributed by atoms with Crippen molar-refractivity contribution in [2.75, 3.05) is 17.2 Å². The zero-order chi connectivity index (χ0) is 14.4. The van der Waals surface area contributed by atoms with E-state index in [0.29, 0.717) is 17.7 Å². The number of nitrogens with one attached hydrogen (secondary N) is 2. The second-order valence-corrected chi connectivity index (χ2v) is 4.96. The number of nitrogens with zero attached hydrogens (tertiary/aromatic N) is 3. The van der Waals surface area contributed by atoms with Crippen LogP contribution in [0.3, 0.4) is 0 Å². The third-order valence-corrected chi connectivity index (χ3v) is 2.94. The van der Waals surface area contributed by atoms with E-state index >= 15 is 0 Å². The first-order valence-electron chi connectivity index (χ1n) is 7.00. The van der Waals surface area contributed by atoms with Gasteiger partial charge >= 0.3 is 0 Å². The van der Waals surface area contributed by atoms with E-state index in [2.05, 4.69) is 58.7 Å². The molecule has 0 aliphatic heterocycles. The predicted octanol–water partition coefficient (Wildman–Crippen LogP) is 3.56. The molecule has 5 nitrogen and oxygen atoms in total. The summed E-state index contributed by atoms with van der Waals surface area (Å²) in [5.41, 5.74) is 2.32. The largest absolute Gasteiger partial charge is 0.353 e. The van der Waals surface area contributed by atoms with Crippen molar-refractivity contribution in [2.45, 2.75) is 33.1 Å². The van der Waals surface area contributed by atoms with Crippen LogP contribution in [0, 0.1) is 0 Å². The molecule has 2 aromatic rings. The second kappa shape index (κ2) is 6.84. The molecule has 0 saturated heterocycles. The van der Waals surface area contributed by atoms with E-state index in [1.807, 2.05) is 12.1 Å². The van der Waals surface area contributed by atoms with Gasteiger partial charge in [-0.05, 0) is 24.0 Å². The van der Waals surface area contributed by atoms with E-state index in [0.717, 1.165) is 18.7 Å². The molecule has 0 aliphatic rings. The molecule has 0 unspecified atom stereocenters. The van der Waals surface area contributed by atoms with Gasteiger partial charge in [0, 0.05) is 12.2 Å². The van der Waals surface area contributed by atoms with Crippen LogP contribution >= 0.6 is 0 Å². The van der Waals surface area contributed by atoms with Crippen molar-refractivity contribution in [2.24, 2.45) is 0 Å². The molecular formula is C15H21N5. The summed E-state index contributed by atoms with van der Waals surface area (Å²) in [6.07, 6.45) is 2.66. The molecule has 2 rings (SSSR count). The molecular weight excluding hydrogens is 250 g/mol. The van der Waals surface area contributed by atoms with Gasteiger partial charge in [0.2, 0.25) is 5.95 Å². The van der Waals surface area contributed by atoms with E-state index in [1.165, 1.54) is 5.56 Å². The lowest BCUT2D eigenvalue weighted by Gasteiger charge is -2.14. The quantitative estimate of drug-likeness (QED) is 0.841. The first-order valence-corrected chi connectivity index (χ1v) is 7.00. The number of anilines is 3. The van der Waals surface area contributed by atoms with Crippen LogP contribution in [0.5, 0.6) is 0 Å². The van der Waals surface area contributed by atoms with Crippen molar-refractivity contribution >= 4 is 17.5 Å². The van der Waals surface area contributed by atoms with Crippen LogP contribution in [0.2, 0.25) is 0 Å². The Balaban J connectivity index is 2.17. The highest BCUT2D eigenvalue weighted by Crippen LogP contribution is 2.25. The Hall–Kier alpha value is -2.17. The predicted molar refractivity (Wildman–Crippen MR) is 82.4 cm³/mol. The van der Waals surface area contributed by atoms with Gasteiger partial charge in [0.25, 0.3) is 0 Å². The normalized spacial score (nSPS) is 10.6. The van der Waals surface area contributed by atoms with Crippen LogP contribution in [-0.4, -0.2) is 21.7 Å². The summed E-state index contributed by atoms with van der Waals surface area (Å²) in [5.74, 6) is 1.71. The van der Waals surface area contributed by atoms with Gasteiger partial charge in [-0.2, -0.15) is 10.1 Å². The average molecular weight is 271 g/mol. The van der Waals surface area contributed by atoms with Crippen molar-refractivity contribution < 1.29 is 0 Å². The Labute approximate surface area is 119 Å². The monoisotopic (exact) mass is 271 g/mol. The number of aromatic nitrogens is 3. The van der Waals surface area contributed by atoms with E-state index in [4.69, 9.17) is 0 Å². The number of benzene rings is 1. The van der Waals surface area contributed by atoms with Gasteiger partial charge in [0.15, 0.2) is 5.82 Å². The lowest BCUT2D eigenvalue weighted by atomic mass is 10.0. The average Bonchev–Trinajstić information content (AvgIpc) is 2.46. The minimum absolute atomic E-state index is 0.450. The summed E-state index contributed by atoms with van der Waals surface area (Å²) >= 11 is 0. The third-order valence-electron chi connectivity index (χ3n) is 2.94. The molecule has 2 N–H and O–H groups in total. The summed E-state index contributed by atoms with van der Waals surface area (Å²) in [5, 5.41) is 14.4. The van der Waals surface area contributed by atoms with Gasteiger partial charge in [-0.15, -0.1) is 5.10 Å². The van der Waals surface area contributed by atoms with Crippen molar-refractivity contribution in [3.05, 3.63) is 36.0 Å². The summed E-state index contributed by atoms with van der Waals surface area (Å²) < 4.78 is 0. The third kappa shape index (κ3) is 3.66. The van der Waals surface area contributed by atoms with Gasteiger partial charge in [0.05, 0.1) is 6.20 Å². The highest BCUT2D eigenvalue weighted by Gasteiger charge is 2.07. The zero-order valence-electron chi connectivity index (χ0n) is 12.2. The lowest BCUT2D eigenvalue weighted by Crippen LogP contribution is -2.07. The molecule has 106 valence electrons. The molecule has 0 amide bonds. The molecule has 1 aromatic heterocycles. The van der Waals surface area contributed by atoms with Gasteiger partial charge in [0.1, 0.15) is 0 Å². The highest BCUT2D eigenvalue weighted by molar-refractivity contribution is 5.61. The van der Waals surface area contributed by atoms with Gasteiger partial charge in [-0.1, -0.05) is 39.0 Å². The molecule has 0 radical (unpaired) electrons. The maximum absolute atomic E-state index is 4.41. The second-order valence-electron chi connectivity index (χ2n) is 4.96. The maximum atomic E-state index is 4.41. The first-order chi connectivity index (χ1) is 9.70. The van der Waals surface area contributed by atoms with Crippen molar-refractivity contribution in [3.63, 3.8) is 0 Å². The fourth-order valence-electron chi connectivity index (χ4n) is 1.93. The van der Waals surface area contributed by atoms with Gasteiger partial charge in [-0.3, -0.25) is 0 Å². The Morgan fingerprint density at radius 2 is 2.00 bits per heavy atom. The zero-order valence-corrected chi connectivity index (χ0v) is 12.2. The number of hydrogen-bond acceptors (Lipinski definition) is 5. The van der Waals surface area contributed by atoms with E-state index in [-0.39, 0.29) is 0 Å². The lowest BCUT2D eigenvalue weighted by molar-refractivity contribution is 0.868. The van der Waals surface area contributed by atoms with Crippen LogP contribution in [0.15, 0.2) is 30.5 Å². The molecule has 0 aliphatic carbocycles. The molecule has 20 heavy (non-hydrogen) atoms. The summed E-state index contributed by atoms with van der Waals surface area (Å²) in [7, 11) is 0. The van der Waals surface area contributed by atoms with Gasteiger partial charge < -0.3 is 10.6 Å². The first kappa shape index (κ1) is 14.2. The van der Waals surface area contributed by atoms with Crippen molar-refractivity contribution in [1.29, 1.82) is 0 Å². The minimum atomic E-state index is 0.450. The molecule has 1 aromatic carbocycles. The molecule has 5 heteroatoms. The van der Waals surface area contributed by atoms with E-state index in [1.54, 1.807) is 6.20 Å². The van der Waals surface area contributed by atoms with E-state index in [9.17, 15) is 0 Å². The SMILES string of the molecule is CCCNc1nncc(Nc2ccccc2C(C)C)n1. The Kier molecular flexibility index (Phi) is 4.87. The summed E-state index contributed by atoms with van der Waals surface area (Å²) in [4.78, 5) is 4.41. The topological polar surface area (TPSA) is 62.7 Å². The standard InChI is InChI=1S/C15H21N5/c1-4-9-16-15-19-14(10-17-20-15)18-13-8-6-5-7-12(13)11(2)3/h5-8,10-11H,4,9H2,1-3H3,(H2,16,18,19,20). The van der Waals surface area contributed by atoms with Crippen LogP contribution < -0.4 is 10.6 Å². The van der Waals surface area contributed by atoms with Crippen molar-refractivity contribution in [3.8, 4) is 0 Å². The molecule has 0 bridgehead atoms.